The van der Waals surface area contributed by atoms with E-state index in [9.17, 15) is 0 Å². The van der Waals surface area contributed by atoms with Gasteiger partial charge in [-0.3, -0.25) is 9.11 Å². The molecular formula is C32H70NO4S+. The molecule has 0 aromatic carbocycles. The van der Waals surface area contributed by atoms with Gasteiger partial charge in [0.25, 0.3) is 0 Å². The minimum absolute atomic E-state index is 1.37. The number of unbranched alkanes of at least 4 members (excludes halogenated alkanes) is 20. The molecule has 0 rings (SSSR count). The summed E-state index contributed by atoms with van der Waals surface area (Å²) in [5, 5.41) is 0. The Bertz CT molecular complexity index is 476. The Hall–Kier alpha value is -0.170. The monoisotopic (exact) mass is 565 g/mol. The van der Waals surface area contributed by atoms with E-state index in [2.05, 4.69) is 27.7 Å². The first-order valence-corrected chi connectivity index (χ1v) is 18.2. The summed E-state index contributed by atoms with van der Waals surface area (Å²) < 4.78 is 33.1. The molecule has 0 aliphatic carbocycles. The molecule has 2 N–H and O–H groups in total. The Morgan fingerprint density at radius 3 is 0.711 bits per heavy atom. The van der Waals surface area contributed by atoms with E-state index >= 15 is 0 Å². The highest BCUT2D eigenvalue weighted by Gasteiger charge is 2.25. The van der Waals surface area contributed by atoms with Gasteiger partial charge in [0.1, 0.15) is 0 Å². The lowest BCUT2D eigenvalue weighted by Crippen LogP contribution is -2.50. The average molecular weight is 565 g/mol. The predicted octanol–water partition coefficient (Wildman–Crippen LogP) is 10.6. The van der Waals surface area contributed by atoms with Gasteiger partial charge in [-0.25, -0.2) is 0 Å². The van der Waals surface area contributed by atoms with Crippen LogP contribution in [0.25, 0.3) is 0 Å². The summed E-state index contributed by atoms with van der Waals surface area (Å²) in [6.45, 7) is 15.3. The van der Waals surface area contributed by atoms with Crippen LogP contribution in [0.2, 0.25) is 0 Å². The Labute approximate surface area is 240 Å². The van der Waals surface area contributed by atoms with E-state index in [0.29, 0.717) is 0 Å². The topological polar surface area (TPSA) is 74.6 Å². The third-order valence-electron chi connectivity index (χ3n) is 7.94. The minimum atomic E-state index is -4.67. The molecule has 5 nitrogen and oxygen atoms in total. The van der Waals surface area contributed by atoms with E-state index in [1.165, 1.54) is 185 Å². The van der Waals surface area contributed by atoms with Crippen LogP contribution in [0.1, 0.15) is 182 Å². The van der Waals surface area contributed by atoms with Crippen molar-refractivity contribution in [2.75, 3.05) is 26.2 Å². The van der Waals surface area contributed by atoms with Crippen molar-refractivity contribution in [3.05, 3.63) is 0 Å². The van der Waals surface area contributed by atoms with Gasteiger partial charge in [0.05, 0.1) is 26.2 Å². The number of nitrogens with zero attached hydrogens (tertiary/aromatic N) is 1. The lowest BCUT2D eigenvalue weighted by Gasteiger charge is -2.40. The standard InChI is InChI=1S/C32H68N.H2O4S/c1-5-9-13-17-21-25-29-33(30-26-22-18-14-10-6-2,31-27-23-19-15-11-7-3)32-28-24-20-16-12-8-4;1-5(2,3)4/h5-32H2,1-4H3;(H2,1,2,3,4)/q+1;. The molecule has 0 aromatic rings. The highest BCUT2D eigenvalue weighted by atomic mass is 32.3. The van der Waals surface area contributed by atoms with Gasteiger partial charge >= 0.3 is 10.4 Å². The quantitative estimate of drug-likeness (QED) is 0.0563. The largest absolute Gasteiger partial charge is 0.394 e. The summed E-state index contributed by atoms with van der Waals surface area (Å²) in [6.07, 6.45) is 34.8. The molecule has 0 fully saturated rings. The van der Waals surface area contributed by atoms with Crippen LogP contribution >= 0.6 is 0 Å². The summed E-state index contributed by atoms with van der Waals surface area (Å²) in [4.78, 5) is 0. The molecule has 0 atom stereocenters. The summed E-state index contributed by atoms with van der Waals surface area (Å²) in [6, 6.07) is 0. The maximum atomic E-state index is 8.74. The fourth-order valence-electron chi connectivity index (χ4n) is 5.58. The molecule has 0 saturated carbocycles. The van der Waals surface area contributed by atoms with Gasteiger partial charge in [-0.05, 0) is 51.4 Å². The van der Waals surface area contributed by atoms with Crippen LogP contribution in [0.4, 0.5) is 0 Å². The smallest absolute Gasteiger partial charge is 0.324 e. The Kier molecular flexibility index (Phi) is 31.3. The van der Waals surface area contributed by atoms with Crippen molar-refractivity contribution in [1.29, 1.82) is 0 Å². The van der Waals surface area contributed by atoms with Crippen molar-refractivity contribution >= 4 is 10.4 Å². The molecule has 0 radical (unpaired) electrons. The zero-order valence-electron chi connectivity index (χ0n) is 26.4. The van der Waals surface area contributed by atoms with Crippen LogP contribution in [-0.2, 0) is 10.4 Å². The van der Waals surface area contributed by atoms with E-state index in [-0.39, 0.29) is 0 Å². The molecule has 0 unspecified atom stereocenters. The van der Waals surface area contributed by atoms with Crippen LogP contribution in [-0.4, -0.2) is 48.2 Å². The van der Waals surface area contributed by atoms with Crippen molar-refractivity contribution in [3.63, 3.8) is 0 Å². The number of hydrogen-bond donors (Lipinski definition) is 2. The van der Waals surface area contributed by atoms with E-state index in [1.807, 2.05) is 0 Å². The van der Waals surface area contributed by atoms with E-state index in [4.69, 9.17) is 17.5 Å². The molecule has 0 aromatic heterocycles. The van der Waals surface area contributed by atoms with Gasteiger partial charge in [0.15, 0.2) is 0 Å². The lowest BCUT2D eigenvalue weighted by molar-refractivity contribution is -0.929. The third-order valence-corrected chi connectivity index (χ3v) is 7.94. The first-order valence-electron chi connectivity index (χ1n) is 16.8. The maximum Gasteiger partial charge on any atom is 0.394 e. The number of rotatable bonds is 28. The van der Waals surface area contributed by atoms with E-state index in [1.54, 1.807) is 0 Å². The molecule has 38 heavy (non-hydrogen) atoms. The van der Waals surface area contributed by atoms with Gasteiger partial charge in [-0.15, -0.1) is 0 Å². The second-order valence-electron chi connectivity index (χ2n) is 11.8. The van der Waals surface area contributed by atoms with Crippen molar-refractivity contribution in [1.82, 2.24) is 0 Å². The van der Waals surface area contributed by atoms with Crippen LogP contribution in [0.5, 0.6) is 0 Å². The minimum Gasteiger partial charge on any atom is -0.324 e. The molecule has 0 spiro atoms. The van der Waals surface area contributed by atoms with Gasteiger partial charge < -0.3 is 4.48 Å². The summed E-state index contributed by atoms with van der Waals surface area (Å²) in [5.41, 5.74) is 0. The summed E-state index contributed by atoms with van der Waals surface area (Å²) in [7, 11) is -4.67. The molecule has 0 heterocycles. The van der Waals surface area contributed by atoms with Crippen LogP contribution in [0.3, 0.4) is 0 Å². The molecule has 0 amide bonds. The zero-order chi connectivity index (χ0) is 28.8. The SMILES string of the molecule is CCCCCCCC[N+](CCCCCCCC)(CCCCCCCC)CCCCCCCC.O=S(=O)(O)O. The maximum absolute atomic E-state index is 8.74. The highest BCUT2D eigenvalue weighted by molar-refractivity contribution is 7.79. The normalized spacial score (nSPS) is 11.9. The van der Waals surface area contributed by atoms with Crippen LogP contribution < -0.4 is 0 Å². The van der Waals surface area contributed by atoms with Crippen molar-refractivity contribution in [3.8, 4) is 0 Å². The number of quaternary nitrogens is 1. The van der Waals surface area contributed by atoms with E-state index in [0.717, 1.165) is 0 Å². The van der Waals surface area contributed by atoms with Crippen molar-refractivity contribution < 1.29 is 22.0 Å². The van der Waals surface area contributed by atoms with Gasteiger partial charge in [0.2, 0.25) is 0 Å². The molecule has 0 aliphatic rings. The van der Waals surface area contributed by atoms with Gasteiger partial charge in [0, 0.05) is 0 Å². The average Bonchev–Trinajstić information content (AvgIpc) is 2.86. The second kappa shape index (κ2) is 29.8. The number of hydrogen-bond acceptors (Lipinski definition) is 2. The molecule has 232 valence electrons. The summed E-state index contributed by atoms with van der Waals surface area (Å²) >= 11 is 0. The van der Waals surface area contributed by atoms with Crippen molar-refractivity contribution in [2.24, 2.45) is 0 Å². The fourth-order valence-corrected chi connectivity index (χ4v) is 5.58. The van der Waals surface area contributed by atoms with Crippen LogP contribution in [0, 0.1) is 0 Å². The lowest BCUT2D eigenvalue weighted by atomic mass is 10.0. The second-order valence-corrected chi connectivity index (χ2v) is 12.7. The summed E-state index contributed by atoms with van der Waals surface area (Å²) in [5.74, 6) is 0. The van der Waals surface area contributed by atoms with Gasteiger partial charge in [-0.2, -0.15) is 8.42 Å². The molecule has 0 bridgehead atoms. The van der Waals surface area contributed by atoms with E-state index < -0.39 is 10.4 Å². The molecule has 0 saturated heterocycles. The third kappa shape index (κ3) is 33.9. The fraction of sp³-hybridized carbons (Fsp3) is 1.00. The molecule has 6 heteroatoms. The molecule has 0 aliphatic heterocycles. The Morgan fingerprint density at radius 1 is 0.368 bits per heavy atom. The Balaban J connectivity index is 0. The predicted molar refractivity (Wildman–Crippen MR) is 167 cm³/mol. The highest BCUT2D eigenvalue weighted by Crippen LogP contribution is 2.20. The molecular weight excluding hydrogens is 494 g/mol. The van der Waals surface area contributed by atoms with Crippen LogP contribution in [0.15, 0.2) is 0 Å². The first kappa shape index (κ1) is 40.0. The Morgan fingerprint density at radius 2 is 0.526 bits per heavy atom. The zero-order valence-corrected chi connectivity index (χ0v) is 27.2. The van der Waals surface area contributed by atoms with Gasteiger partial charge in [-0.1, -0.05) is 130 Å². The first-order chi connectivity index (χ1) is 18.2. The van der Waals surface area contributed by atoms with Crippen molar-refractivity contribution in [2.45, 2.75) is 182 Å².